The Balaban J connectivity index is 2.59. The molecule has 0 N–H and O–H groups in total. The summed E-state index contributed by atoms with van der Waals surface area (Å²) in [5.74, 6) is 0. The molecule has 0 aromatic rings. The summed E-state index contributed by atoms with van der Waals surface area (Å²) in [6.45, 7) is 2.90. The summed E-state index contributed by atoms with van der Waals surface area (Å²) in [6.07, 6.45) is 2.18. The van der Waals surface area contributed by atoms with Crippen molar-refractivity contribution in [3.8, 4) is 0 Å². The fourth-order valence-corrected chi connectivity index (χ4v) is 2.79. The number of carbonyl (C=O) groups excluding carboxylic acids is 1. The lowest BCUT2D eigenvalue weighted by Crippen LogP contribution is -2.39. The molecule has 0 unspecified atom stereocenters. The standard InChI is InChI=1S/C12H23NO6S/c1-4-5-6-18-12(14)13-8-11(19-20(3,15)16)7-10(13)9-17-2/h10-11H,4-9H2,1-3H3/t10-,11-/m1/s1. The highest BCUT2D eigenvalue weighted by Gasteiger charge is 2.38. The number of ether oxygens (including phenoxy) is 2. The van der Waals surface area contributed by atoms with Crippen molar-refractivity contribution in [3.63, 3.8) is 0 Å². The first-order chi connectivity index (χ1) is 9.37. The van der Waals surface area contributed by atoms with Crippen LogP contribution >= 0.6 is 0 Å². The average Bonchev–Trinajstić information content (AvgIpc) is 2.70. The Hall–Kier alpha value is -0.860. The lowest BCUT2D eigenvalue weighted by molar-refractivity contribution is 0.0727. The van der Waals surface area contributed by atoms with Crippen LogP contribution < -0.4 is 0 Å². The van der Waals surface area contributed by atoms with Crippen LogP contribution in [0.5, 0.6) is 0 Å². The number of nitrogens with zero attached hydrogens (tertiary/aromatic N) is 1. The molecule has 7 nitrogen and oxygen atoms in total. The molecule has 1 rings (SSSR count). The van der Waals surface area contributed by atoms with Gasteiger partial charge in [-0.05, 0) is 12.8 Å². The molecule has 1 aliphatic heterocycles. The van der Waals surface area contributed by atoms with E-state index in [1.165, 1.54) is 12.0 Å². The molecule has 1 aliphatic rings. The van der Waals surface area contributed by atoms with E-state index in [0.29, 0.717) is 19.6 Å². The molecule has 0 spiro atoms. The van der Waals surface area contributed by atoms with Crippen LogP contribution in [0.25, 0.3) is 0 Å². The predicted octanol–water partition coefficient (Wildman–Crippen LogP) is 0.989. The fraction of sp³-hybridized carbons (Fsp3) is 0.917. The third-order valence-electron chi connectivity index (χ3n) is 3.00. The normalized spacial score (nSPS) is 23.1. The zero-order valence-corrected chi connectivity index (χ0v) is 13.0. The number of methoxy groups -OCH3 is 1. The molecule has 0 aromatic carbocycles. The molecule has 20 heavy (non-hydrogen) atoms. The van der Waals surface area contributed by atoms with Crippen LogP contribution in [0.2, 0.25) is 0 Å². The minimum Gasteiger partial charge on any atom is -0.449 e. The molecule has 0 aliphatic carbocycles. The summed E-state index contributed by atoms with van der Waals surface area (Å²) in [7, 11) is -2.00. The van der Waals surface area contributed by atoms with Crippen LogP contribution in [0, 0.1) is 0 Å². The van der Waals surface area contributed by atoms with Crippen LogP contribution in [0.1, 0.15) is 26.2 Å². The second-order valence-corrected chi connectivity index (χ2v) is 6.49. The zero-order valence-electron chi connectivity index (χ0n) is 12.2. The van der Waals surface area contributed by atoms with Crippen molar-refractivity contribution in [1.29, 1.82) is 0 Å². The van der Waals surface area contributed by atoms with Gasteiger partial charge in [-0.3, -0.25) is 4.18 Å². The van der Waals surface area contributed by atoms with Gasteiger partial charge in [0.25, 0.3) is 10.1 Å². The van der Waals surface area contributed by atoms with E-state index in [4.69, 9.17) is 13.7 Å². The van der Waals surface area contributed by atoms with E-state index in [0.717, 1.165) is 19.1 Å². The fourth-order valence-electron chi connectivity index (χ4n) is 2.15. The largest absolute Gasteiger partial charge is 0.449 e. The number of hydrogen-bond donors (Lipinski definition) is 0. The van der Waals surface area contributed by atoms with Gasteiger partial charge >= 0.3 is 6.09 Å². The minimum atomic E-state index is -3.54. The number of hydrogen-bond acceptors (Lipinski definition) is 6. The first kappa shape index (κ1) is 17.2. The van der Waals surface area contributed by atoms with E-state index >= 15 is 0 Å². The molecule has 8 heteroatoms. The first-order valence-corrected chi connectivity index (χ1v) is 8.49. The highest BCUT2D eigenvalue weighted by Crippen LogP contribution is 2.22. The second kappa shape index (κ2) is 7.80. The van der Waals surface area contributed by atoms with E-state index < -0.39 is 22.3 Å². The summed E-state index contributed by atoms with van der Waals surface area (Å²) in [5, 5.41) is 0. The summed E-state index contributed by atoms with van der Waals surface area (Å²) < 4.78 is 37.5. The number of rotatable bonds is 7. The van der Waals surface area contributed by atoms with Crippen molar-refractivity contribution in [3.05, 3.63) is 0 Å². The van der Waals surface area contributed by atoms with Gasteiger partial charge in [-0.15, -0.1) is 0 Å². The Morgan fingerprint density at radius 2 is 2.10 bits per heavy atom. The van der Waals surface area contributed by atoms with Crippen molar-refractivity contribution in [2.24, 2.45) is 0 Å². The summed E-state index contributed by atoms with van der Waals surface area (Å²) in [5.41, 5.74) is 0. The molecule has 0 radical (unpaired) electrons. The van der Waals surface area contributed by atoms with Crippen molar-refractivity contribution in [2.45, 2.75) is 38.3 Å². The monoisotopic (exact) mass is 309 g/mol. The molecule has 1 fully saturated rings. The molecular formula is C12H23NO6S. The quantitative estimate of drug-likeness (QED) is 0.515. The number of unbranched alkanes of at least 4 members (excludes halogenated alkanes) is 1. The lowest BCUT2D eigenvalue weighted by atomic mass is 10.2. The average molecular weight is 309 g/mol. The third kappa shape index (κ3) is 5.64. The number of likely N-dealkylation sites (tertiary alicyclic amines) is 1. The Morgan fingerprint density at radius 3 is 2.65 bits per heavy atom. The van der Waals surface area contributed by atoms with E-state index in [-0.39, 0.29) is 12.6 Å². The summed E-state index contributed by atoms with van der Waals surface area (Å²) in [6, 6.07) is -0.221. The zero-order chi connectivity index (χ0) is 15.2. The molecule has 0 bridgehead atoms. The molecule has 1 amide bonds. The smallest absolute Gasteiger partial charge is 0.410 e. The molecule has 2 atom stereocenters. The van der Waals surface area contributed by atoms with Gasteiger partial charge in [-0.1, -0.05) is 13.3 Å². The van der Waals surface area contributed by atoms with Crippen molar-refractivity contribution in [1.82, 2.24) is 4.90 Å². The topological polar surface area (TPSA) is 82.1 Å². The third-order valence-corrected chi connectivity index (χ3v) is 3.63. The second-order valence-electron chi connectivity index (χ2n) is 4.89. The lowest BCUT2D eigenvalue weighted by Gasteiger charge is -2.22. The SMILES string of the molecule is CCCCOC(=O)N1C[C@H](OS(C)(=O)=O)C[C@@H]1COC. The minimum absolute atomic E-state index is 0.200. The van der Waals surface area contributed by atoms with Gasteiger partial charge in [0.15, 0.2) is 0 Å². The first-order valence-electron chi connectivity index (χ1n) is 6.68. The van der Waals surface area contributed by atoms with Gasteiger partial charge in [0.05, 0.1) is 38.2 Å². The Bertz CT molecular complexity index is 410. The van der Waals surface area contributed by atoms with E-state index in [1.54, 1.807) is 0 Å². The maximum Gasteiger partial charge on any atom is 0.410 e. The van der Waals surface area contributed by atoms with Gasteiger partial charge in [-0.25, -0.2) is 4.79 Å². The maximum absolute atomic E-state index is 12.0. The van der Waals surface area contributed by atoms with Gasteiger partial charge in [-0.2, -0.15) is 8.42 Å². The summed E-state index contributed by atoms with van der Waals surface area (Å²) in [4.78, 5) is 13.4. The van der Waals surface area contributed by atoms with Crippen LogP contribution in [0.4, 0.5) is 4.79 Å². The molecule has 1 heterocycles. The van der Waals surface area contributed by atoms with Crippen LogP contribution in [0.15, 0.2) is 0 Å². The molecule has 118 valence electrons. The van der Waals surface area contributed by atoms with Gasteiger partial charge in [0, 0.05) is 7.11 Å². The highest BCUT2D eigenvalue weighted by molar-refractivity contribution is 7.86. The van der Waals surface area contributed by atoms with Crippen LogP contribution in [0.3, 0.4) is 0 Å². The van der Waals surface area contributed by atoms with Gasteiger partial charge < -0.3 is 14.4 Å². The molecule has 0 saturated carbocycles. The maximum atomic E-state index is 12.0. The predicted molar refractivity (Wildman–Crippen MR) is 73.0 cm³/mol. The van der Waals surface area contributed by atoms with E-state index in [9.17, 15) is 13.2 Å². The van der Waals surface area contributed by atoms with Gasteiger partial charge in [0.2, 0.25) is 0 Å². The van der Waals surface area contributed by atoms with Gasteiger partial charge in [0.1, 0.15) is 0 Å². The number of carbonyl (C=O) groups is 1. The Morgan fingerprint density at radius 1 is 1.40 bits per heavy atom. The molecule has 0 aromatic heterocycles. The number of amides is 1. The molecular weight excluding hydrogens is 286 g/mol. The van der Waals surface area contributed by atoms with Crippen LogP contribution in [-0.4, -0.2) is 64.7 Å². The molecule has 1 saturated heterocycles. The highest BCUT2D eigenvalue weighted by atomic mass is 32.2. The van der Waals surface area contributed by atoms with E-state index in [2.05, 4.69) is 0 Å². The van der Waals surface area contributed by atoms with Crippen molar-refractivity contribution >= 4 is 16.2 Å². The Kier molecular flexibility index (Phi) is 6.70. The van der Waals surface area contributed by atoms with E-state index in [1.807, 2.05) is 6.92 Å². The van der Waals surface area contributed by atoms with Crippen molar-refractivity contribution in [2.75, 3.05) is 33.1 Å². The Labute approximate surface area is 120 Å². The van der Waals surface area contributed by atoms with Crippen molar-refractivity contribution < 1.29 is 26.9 Å². The van der Waals surface area contributed by atoms with Crippen LogP contribution in [-0.2, 0) is 23.8 Å². The summed E-state index contributed by atoms with van der Waals surface area (Å²) >= 11 is 0.